The first-order valence-electron chi connectivity index (χ1n) is 6.38. The highest BCUT2D eigenvalue weighted by molar-refractivity contribution is 5.39. The lowest BCUT2D eigenvalue weighted by atomic mass is 10.1. The van der Waals surface area contributed by atoms with Crippen molar-refractivity contribution < 1.29 is 9.47 Å². The quantitative estimate of drug-likeness (QED) is 0.707. The van der Waals surface area contributed by atoms with E-state index in [1.54, 1.807) is 0 Å². The average molecular weight is 237 g/mol. The Balaban J connectivity index is 2.35. The number of benzene rings is 1. The number of para-hydroxylation sites is 2. The van der Waals surface area contributed by atoms with E-state index in [9.17, 15) is 0 Å². The monoisotopic (exact) mass is 237 g/mol. The van der Waals surface area contributed by atoms with Gasteiger partial charge in [0.15, 0.2) is 11.5 Å². The van der Waals surface area contributed by atoms with Crippen LogP contribution in [0.5, 0.6) is 11.5 Å². The molecular weight excluding hydrogens is 214 g/mol. The minimum absolute atomic E-state index is 0.292. The number of nitrogens with two attached hydrogens (primary N) is 1. The fourth-order valence-electron chi connectivity index (χ4n) is 1.58. The van der Waals surface area contributed by atoms with Crippen molar-refractivity contribution in [3.8, 4) is 11.5 Å². The van der Waals surface area contributed by atoms with E-state index >= 15 is 0 Å². The molecule has 1 atom stereocenters. The number of rotatable bonds is 8. The van der Waals surface area contributed by atoms with Gasteiger partial charge in [0, 0.05) is 6.04 Å². The maximum absolute atomic E-state index is 5.85. The van der Waals surface area contributed by atoms with Crippen molar-refractivity contribution in [1.29, 1.82) is 0 Å². The van der Waals surface area contributed by atoms with Gasteiger partial charge in [-0.25, -0.2) is 0 Å². The van der Waals surface area contributed by atoms with Crippen LogP contribution in [0.4, 0.5) is 0 Å². The second-order valence-electron chi connectivity index (χ2n) is 4.04. The maximum Gasteiger partial charge on any atom is 0.161 e. The molecule has 1 aromatic carbocycles. The van der Waals surface area contributed by atoms with Crippen LogP contribution in [0, 0.1) is 0 Å². The molecule has 0 aliphatic carbocycles. The van der Waals surface area contributed by atoms with Crippen molar-refractivity contribution in [2.45, 2.75) is 39.2 Å². The molecule has 0 aliphatic heterocycles. The summed E-state index contributed by atoms with van der Waals surface area (Å²) in [5.74, 6) is 1.63. The lowest BCUT2D eigenvalue weighted by Gasteiger charge is -2.12. The Labute approximate surface area is 104 Å². The Kier molecular flexibility index (Phi) is 6.48. The first kappa shape index (κ1) is 13.8. The average Bonchev–Trinajstić information content (AvgIpc) is 2.36. The van der Waals surface area contributed by atoms with Gasteiger partial charge in [0.2, 0.25) is 0 Å². The summed E-state index contributed by atoms with van der Waals surface area (Å²) >= 11 is 0. The molecule has 0 saturated carbocycles. The second-order valence-corrected chi connectivity index (χ2v) is 4.04. The Morgan fingerprint density at radius 3 is 2.35 bits per heavy atom. The van der Waals surface area contributed by atoms with Crippen LogP contribution in [-0.2, 0) is 0 Å². The van der Waals surface area contributed by atoms with E-state index in [0.717, 1.165) is 30.8 Å². The molecule has 1 rings (SSSR count). The summed E-state index contributed by atoms with van der Waals surface area (Å²) in [5, 5.41) is 0. The van der Waals surface area contributed by atoms with Crippen molar-refractivity contribution in [2.24, 2.45) is 5.73 Å². The Bertz CT molecular complexity index is 315. The van der Waals surface area contributed by atoms with Crippen LogP contribution in [0.2, 0.25) is 0 Å². The predicted octanol–water partition coefficient (Wildman–Crippen LogP) is 2.98. The van der Waals surface area contributed by atoms with Gasteiger partial charge < -0.3 is 15.2 Å². The van der Waals surface area contributed by atoms with Gasteiger partial charge >= 0.3 is 0 Å². The van der Waals surface area contributed by atoms with Gasteiger partial charge in [-0.15, -0.1) is 0 Å². The number of hydrogen-bond acceptors (Lipinski definition) is 3. The molecule has 0 bridgehead atoms. The first-order chi connectivity index (χ1) is 8.27. The normalized spacial score (nSPS) is 12.2. The molecule has 0 amide bonds. The minimum Gasteiger partial charge on any atom is -0.490 e. The van der Waals surface area contributed by atoms with Crippen molar-refractivity contribution in [2.75, 3.05) is 13.2 Å². The van der Waals surface area contributed by atoms with Crippen LogP contribution >= 0.6 is 0 Å². The van der Waals surface area contributed by atoms with Crippen LogP contribution in [-0.4, -0.2) is 19.3 Å². The van der Waals surface area contributed by atoms with Crippen molar-refractivity contribution in [3.05, 3.63) is 24.3 Å². The summed E-state index contributed by atoms with van der Waals surface area (Å²) in [6.07, 6.45) is 3.01. The van der Waals surface area contributed by atoms with Gasteiger partial charge in [0.1, 0.15) is 0 Å². The molecule has 96 valence electrons. The summed E-state index contributed by atoms with van der Waals surface area (Å²) in [7, 11) is 0. The van der Waals surface area contributed by atoms with Crippen LogP contribution in [0.25, 0.3) is 0 Å². The van der Waals surface area contributed by atoms with Gasteiger partial charge in [-0.3, -0.25) is 0 Å². The van der Waals surface area contributed by atoms with E-state index in [1.807, 2.05) is 31.2 Å². The van der Waals surface area contributed by atoms with Crippen LogP contribution in [0.3, 0.4) is 0 Å². The smallest absolute Gasteiger partial charge is 0.161 e. The van der Waals surface area contributed by atoms with E-state index in [-0.39, 0.29) is 0 Å². The summed E-state index contributed by atoms with van der Waals surface area (Å²) < 4.78 is 11.2. The zero-order valence-electron chi connectivity index (χ0n) is 10.8. The highest BCUT2D eigenvalue weighted by Gasteiger charge is 2.04. The molecule has 0 spiro atoms. The van der Waals surface area contributed by atoms with Crippen molar-refractivity contribution in [1.82, 2.24) is 0 Å². The van der Waals surface area contributed by atoms with Gasteiger partial charge in [-0.2, -0.15) is 0 Å². The fourth-order valence-corrected chi connectivity index (χ4v) is 1.58. The molecule has 0 fully saturated rings. The molecule has 1 unspecified atom stereocenters. The van der Waals surface area contributed by atoms with Gasteiger partial charge in [-0.05, 0) is 38.3 Å². The highest BCUT2D eigenvalue weighted by Crippen LogP contribution is 2.26. The lowest BCUT2D eigenvalue weighted by molar-refractivity contribution is 0.268. The van der Waals surface area contributed by atoms with Gasteiger partial charge in [-0.1, -0.05) is 19.1 Å². The number of ether oxygens (including phenoxy) is 2. The van der Waals surface area contributed by atoms with Crippen LogP contribution in [0.1, 0.15) is 33.1 Å². The highest BCUT2D eigenvalue weighted by atomic mass is 16.5. The zero-order chi connectivity index (χ0) is 12.5. The molecule has 0 aromatic heterocycles. The molecule has 2 N–H and O–H groups in total. The molecule has 3 nitrogen and oxygen atoms in total. The summed E-state index contributed by atoms with van der Waals surface area (Å²) in [6.45, 7) is 5.42. The molecule has 0 radical (unpaired) electrons. The summed E-state index contributed by atoms with van der Waals surface area (Å²) in [6, 6.07) is 8.06. The fraction of sp³-hybridized carbons (Fsp3) is 0.571. The van der Waals surface area contributed by atoms with Crippen LogP contribution < -0.4 is 15.2 Å². The second kappa shape index (κ2) is 7.96. The van der Waals surface area contributed by atoms with Gasteiger partial charge in [0.05, 0.1) is 13.2 Å². The Morgan fingerprint density at radius 2 is 1.76 bits per heavy atom. The standard InChI is InChI=1S/C14H23NO2/c1-3-12(15)8-7-11-17-14-10-6-5-9-13(14)16-4-2/h5-6,9-10,12H,3-4,7-8,11,15H2,1-2H3. The van der Waals surface area contributed by atoms with E-state index in [4.69, 9.17) is 15.2 Å². The van der Waals surface area contributed by atoms with Crippen molar-refractivity contribution in [3.63, 3.8) is 0 Å². The molecule has 3 heteroatoms. The minimum atomic E-state index is 0.292. The zero-order valence-corrected chi connectivity index (χ0v) is 10.8. The predicted molar refractivity (Wildman–Crippen MR) is 70.6 cm³/mol. The maximum atomic E-state index is 5.85. The van der Waals surface area contributed by atoms with Crippen LogP contribution in [0.15, 0.2) is 24.3 Å². The van der Waals surface area contributed by atoms with E-state index in [0.29, 0.717) is 19.3 Å². The van der Waals surface area contributed by atoms with Gasteiger partial charge in [0.25, 0.3) is 0 Å². The topological polar surface area (TPSA) is 44.5 Å². The molecule has 0 saturated heterocycles. The Hall–Kier alpha value is -1.22. The lowest BCUT2D eigenvalue weighted by Crippen LogP contribution is -2.19. The molecular formula is C14H23NO2. The molecule has 0 aliphatic rings. The largest absolute Gasteiger partial charge is 0.490 e. The molecule has 1 aromatic rings. The molecule has 17 heavy (non-hydrogen) atoms. The molecule has 0 heterocycles. The van der Waals surface area contributed by atoms with E-state index in [1.165, 1.54) is 0 Å². The third-order valence-electron chi connectivity index (χ3n) is 2.65. The van der Waals surface area contributed by atoms with E-state index in [2.05, 4.69) is 6.92 Å². The first-order valence-corrected chi connectivity index (χ1v) is 6.38. The van der Waals surface area contributed by atoms with E-state index < -0.39 is 0 Å². The third kappa shape index (κ3) is 5.09. The third-order valence-corrected chi connectivity index (χ3v) is 2.65. The summed E-state index contributed by atoms with van der Waals surface area (Å²) in [4.78, 5) is 0. The SMILES string of the molecule is CCOc1ccccc1OCCCC(N)CC. The van der Waals surface area contributed by atoms with Crippen molar-refractivity contribution >= 4 is 0 Å². The number of hydrogen-bond donors (Lipinski definition) is 1. The summed E-state index contributed by atoms with van der Waals surface area (Å²) in [5.41, 5.74) is 5.85. The Morgan fingerprint density at radius 1 is 1.12 bits per heavy atom.